The molecule has 6 nitrogen and oxygen atoms in total. The first-order valence-electron chi connectivity index (χ1n) is 9.27. The monoisotopic (exact) mass is 475 g/mol. The zero-order valence-electron chi connectivity index (χ0n) is 15.7. The molecule has 9 heteroatoms. The van der Waals surface area contributed by atoms with E-state index < -0.39 is 0 Å². The van der Waals surface area contributed by atoms with Gasteiger partial charge in [-0.25, -0.2) is 19.3 Å². The summed E-state index contributed by atoms with van der Waals surface area (Å²) in [4.78, 5) is 28.9. The maximum atomic E-state index is 13.3. The first kappa shape index (κ1) is 19.9. The summed E-state index contributed by atoms with van der Waals surface area (Å²) in [5, 5.41) is 4.02. The molecule has 1 aliphatic heterocycles. The second-order valence-electron chi connectivity index (χ2n) is 6.82. The van der Waals surface area contributed by atoms with E-state index >= 15 is 0 Å². The minimum atomic E-state index is -0.302. The highest BCUT2D eigenvalue weighted by Crippen LogP contribution is 2.32. The molecule has 1 aromatic carbocycles. The highest BCUT2D eigenvalue weighted by molar-refractivity contribution is 9.10. The minimum Gasteiger partial charge on any atom is -0.352 e. The summed E-state index contributed by atoms with van der Waals surface area (Å²) in [7, 11) is 0. The Hall–Kier alpha value is -2.39. The van der Waals surface area contributed by atoms with E-state index in [1.807, 2.05) is 11.8 Å². The smallest absolute Gasteiger partial charge is 0.274 e. The Kier molecular flexibility index (Phi) is 5.86. The second kappa shape index (κ2) is 8.54. The van der Waals surface area contributed by atoms with Crippen molar-refractivity contribution in [1.29, 1.82) is 0 Å². The third-order valence-electron chi connectivity index (χ3n) is 4.80. The van der Waals surface area contributed by atoms with Gasteiger partial charge in [0.25, 0.3) is 5.91 Å². The number of hydrogen-bond donors (Lipinski definition) is 1. The van der Waals surface area contributed by atoms with E-state index in [9.17, 15) is 9.18 Å². The number of hydrogen-bond acceptors (Lipinski definition) is 6. The Morgan fingerprint density at radius 1 is 1.31 bits per heavy atom. The van der Waals surface area contributed by atoms with Crippen LogP contribution in [-0.4, -0.2) is 44.9 Å². The summed E-state index contributed by atoms with van der Waals surface area (Å²) >= 11 is 4.77. The van der Waals surface area contributed by atoms with Crippen molar-refractivity contribution in [2.24, 2.45) is 0 Å². The van der Waals surface area contributed by atoms with Crippen LogP contribution in [0.1, 0.15) is 28.3 Å². The Morgan fingerprint density at radius 2 is 2.03 bits per heavy atom. The van der Waals surface area contributed by atoms with Gasteiger partial charge in [-0.05, 0) is 53.4 Å². The average molecular weight is 476 g/mol. The van der Waals surface area contributed by atoms with Crippen LogP contribution in [0.25, 0.3) is 10.4 Å². The van der Waals surface area contributed by atoms with Crippen LogP contribution in [0.4, 0.5) is 10.3 Å². The summed E-state index contributed by atoms with van der Waals surface area (Å²) in [6, 6.07) is 6.22. The average Bonchev–Trinajstić information content (AvgIpc) is 3.34. The molecule has 2 aromatic heterocycles. The molecule has 150 valence electrons. The Balaban J connectivity index is 1.52. The van der Waals surface area contributed by atoms with Gasteiger partial charge in [-0.3, -0.25) is 4.79 Å². The van der Waals surface area contributed by atoms with Crippen molar-refractivity contribution in [2.45, 2.75) is 25.8 Å². The van der Waals surface area contributed by atoms with Gasteiger partial charge in [0.15, 0.2) is 0 Å². The van der Waals surface area contributed by atoms with Crippen molar-refractivity contribution in [3.63, 3.8) is 0 Å². The molecule has 0 bridgehead atoms. The summed E-state index contributed by atoms with van der Waals surface area (Å²) in [6.45, 7) is 3.14. The first-order chi connectivity index (χ1) is 14.0. The first-order valence-corrected chi connectivity index (χ1v) is 10.9. The molecule has 3 heterocycles. The summed E-state index contributed by atoms with van der Waals surface area (Å²) in [6.07, 6.45) is 5.21. The van der Waals surface area contributed by atoms with Gasteiger partial charge in [-0.2, -0.15) is 0 Å². The molecule has 4 rings (SSSR count). The van der Waals surface area contributed by atoms with Crippen molar-refractivity contribution in [3.05, 3.63) is 57.7 Å². The molecule has 1 N–H and O–H groups in total. The lowest BCUT2D eigenvalue weighted by atomic mass is 10.1. The number of thiazole rings is 1. The van der Waals surface area contributed by atoms with Crippen LogP contribution < -0.4 is 5.32 Å². The maximum Gasteiger partial charge on any atom is 0.274 e. The molecule has 1 atom stereocenters. The fourth-order valence-corrected chi connectivity index (χ4v) is 4.55. The standard InChI is InChI=1S/C20H19BrFN5OS/c1-12-26-17(18(29-12)13-4-6-15(22)7-5-13)19(28)27-8-2-3-16(27)11-25-20-23-9-14(21)10-24-20/h4-7,9-10,16H,2-3,8,11H2,1H3,(H,23,24,25)/t16-/m0/s1. The van der Waals surface area contributed by atoms with Crippen LogP contribution in [0.2, 0.25) is 0 Å². The van der Waals surface area contributed by atoms with Crippen LogP contribution in [0.3, 0.4) is 0 Å². The lowest BCUT2D eigenvalue weighted by Crippen LogP contribution is -2.40. The lowest BCUT2D eigenvalue weighted by Gasteiger charge is -2.24. The van der Waals surface area contributed by atoms with E-state index in [1.54, 1.807) is 24.5 Å². The van der Waals surface area contributed by atoms with Gasteiger partial charge in [0.2, 0.25) is 5.95 Å². The number of carbonyl (C=O) groups excluding carboxylic acids is 1. The molecular weight excluding hydrogens is 457 g/mol. The molecule has 0 radical (unpaired) electrons. The summed E-state index contributed by atoms with van der Waals surface area (Å²) < 4.78 is 14.1. The van der Waals surface area contributed by atoms with Crippen LogP contribution in [0.15, 0.2) is 41.1 Å². The molecule has 0 spiro atoms. The van der Waals surface area contributed by atoms with Gasteiger partial charge in [0, 0.05) is 31.5 Å². The topological polar surface area (TPSA) is 71.0 Å². The molecule has 0 saturated carbocycles. The predicted octanol–water partition coefficient (Wildman–Crippen LogP) is 4.53. The largest absolute Gasteiger partial charge is 0.352 e. The number of aromatic nitrogens is 3. The number of carbonyl (C=O) groups is 1. The summed E-state index contributed by atoms with van der Waals surface area (Å²) in [5.41, 5.74) is 1.24. The van der Waals surface area contributed by atoms with E-state index in [0.29, 0.717) is 24.7 Å². The molecule has 1 saturated heterocycles. The minimum absolute atomic E-state index is 0.0396. The Bertz CT molecular complexity index is 1010. The van der Waals surface area contributed by atoms with E-state index in [2.05, 4.69) is 36.2 Å². The van der Waals surface area contributed by atoms with Gasteiger partial charge >= 0.3 is 0 Å². The van der Waals surface area contributed by atoms with Crippen LogP contribution in [0.5, 0.6) is 0 Å². The number of likely N-dealkylation sites (tertiary alicyclic amines) is 1. The molecule has 0 aliphatic carbocycles. The molecule has 1 aliphatic rings. The molecule has 1 amide bonds. The van der Waals surface area contributed by atoms with Gasteiger partial charge in [-0.1, -0.05) is 12.1 Å². The van der Waals surface area contributed by atoms with E-state index in [0.717, 1.165) is 32.8 Å². The number of halogens is 2. The highest BCUT2D eigenvalue weighted by Gasteiger charge is 2.32. The number of aryl methyl sites for hydroxylation is 1. The van der Waals surface area contributed by atoms with Crippen molar-refractivity contribution in [3.8, 4) is 10.4 Å². The number of anilines is 1. The molecular formula is C20H19BrFN5OS. The lowest BCUT2D eigenvalue weighted by molar-refractivity contribution is 0.0739. The Morgan fingerprint density at radius 3 is 2.76 bits per heavy atom. The highest BCUT2D eigenvalue weighted by atomic mass is 79.9. The van der Waals surface area contributed by atoms with Crippen LogP contribution in [0, 0.1) is 12.7 Å². The fourth-order valence-electron chi connectivity index (χ4n) is 3.43. The Labute approximate surface area is 180 Å². The zero-order valence-corrected chi connectivity index (χ0v) is 18.1. The van der Waals surface area contributed by atoms with Crippen molar-refractivity contribution in [2.75, 3.05) is 18.4 Å². The molecule has 1 fully saturated rings. The van der Waals surface area contributed by atoms with E-state index in [4.69, 9.17) is 0 Å². The van der Waals surface area contributed by atoms with Crippen molar-refractivity contribution < 1.29 is 9.18 Å². The van der Waals surface area contributed by atoms with Gasteiger partial charge < -0.3 is 10.2 Å². The third-order valence-corrected chi connectivity index (χ3v) is 6.23. The number of amides is 1. The van der Waals surface area contributed by atoms with Gasteiger partial charge in [0.1, 0.15) is 11.5 Å². The van der Waals surface area contributed by atoms with Crippen LogP contribution in [-0.2, 0) is 0 Å². The van der Waals surface area contributed by atoms with Crippen molar-refractivity contribution >= 4 is 39.1 Å². The summed E-state index contributed by atoms with van der Waals surface area (Å²) in [5.74, 6) is 0.141. The molecule has 0 unspecified atom stereocenters. The zero-order chi connectivity index (χ0) is 20.4. The normalized spacial score (nSPS) is 16.2. The van der Waals surface area contributed by atoms with Crippen molar-refractivity contribution in [1.82, 2.24) is 19.9 Å². The van der Waals surface area contributed by atoms with E-state index in [1.165, 1.54) is 23.5 Å². The van der Waals surface area contributed by atoms with E-state index in [-0.39, 0.29) is 17.8 Å². The molecule has 29 heavy (non-hydrogen) atoms. The number of nitrogens with zero attached hydrogens (tertiary/aromatic N) is 4. The predicted molar refractivity (Wildman–Crippen MR) is 115 cm³/mol. The number of rotatable bonds is 5. The third kappa shape index (κ3) is 4.45. The SMILES string of the molecule is Cc1nc(C(=O)N2CCC[C@H]2CNc2ncc(Br)cn2)c(-c2ccc(F)cc2)s1. The van der Waals surface area contributed by atoms with Crippen LogP contribution >= 0.6 is 27.3 Å². The van der Waals surface area contributed by atoms with Gasteiger partial charge in [-0.15, -0.1) is 11.3 Å². The second-order valence-corrected chi connectivity index (χ2v) is 8.94. The quantitative estimate of drug-likeness (QED) is 0.586. The van der Waals surface area contributed by atoms with Gasteiger partial charge in [0.05, 0.1) is 14.4 Å². The maximum absolute atomic E-state index is 13.3. The number of nitrogens with one attached hydrogen (secondary N) is 1. The fraction of sp³-hybridized carbons (Fsp3) is 0.300. The molecule has 3 aromatic rings. The number of benzene rings is 1.